The van der Waals surface area contributed by atoms with E-state index in [-0.39, 0.29) is 24.4 Å². The van der Waals surface area contributed by atoms with Gasteiger partial charge in [-0.1, -0.05) is 24.3 Å². The van der Waals surface area contributed by atoms with Crippen molar-refractivity contribution in [1.29, 1.82) is 0 Å². The number of aliphatic imine (C=N–C) groups is 1. The molecular weight excluding hydrogens is 510 g/mol. The molecule has 0 N–H and O–H groups in total. The van der Waals surface area contributed by atoms with Gasteiger partial charge in [0.25, 0.3) is 0 Å². The highest BCUT2D eigenvalue weighted by atomic mass is 16.6. The molecule has 0 saturated carbocycles. The van der Waals surface area contributed by atoms with E-state index in [9.17, 15) is 9.59 Å². The van der Waals surface area contributed by atoms with Crippen LogP contribution in [0.15, 0.2) is 58.7 Å². The largest absolute Gasteiger partial charge is 0.493 e. The van der Waals surface area contributed by atoms with Crippen LogP contribution < -0.4 is 14.2 Å². The van der Waals surface area contributed by atoms with Gasteiger partial charge in [0.1, 0.15) is 18.3 Å². The van der Waals surface area contributed by atoms with Crippen molar-refractivity contribution in [1.82, 2.24) is 0 Å². The van der Waals surface area contributed by atoms with Gasteiger partial charge in [0.05, 0.1) is 26.9 Å². The molecule has 1 heterocycles. The van der Waals surface area contributed by atoms with Gasteiger partial charge >= 0.3 is 5.97 Å². The summed E-state index contributed by atoms with van der Waals surface area (Å²) in [6.07, 6.45) is 0.767. The van der Waals surface area contributed by atoms with Crippen molar-refractivity contribution < 1.29 is 33.3 Å². The van der Waals surface area contributed by atoms with Gasteiger partial charge in [-0.2, -0.15) is 0 Å². The highest BCUT2D eigenvalue weighted by molar-refractivity contribution is 6.09. The topological polar surface area (TPSA) is 92.7 Å². The van der Waals surface area contributed by atoms with Crippen molar-refractivity contribution in [3.8, 4) is 17.2 Å². The molecule has 2 aromatic rings. The van der Waals surface area contributed by atoms with Crippen LogP contribution in [-0.2, 0) is 19.1 Å². The number of benzene rings is 2. The molecule has 0 amide bonds. The number of para-hydroxylation sites is 1. The Kier molecular flexibility index (Phi) is 9.63. The van der Waals surface area contributed by atoms with Crippen LogP contribution in [0.4, 0.5) is 0 Å². The van der Waals surface area contributed by atoms with E-state index in [0.717, 1.165) is 11.1 Å². The molecule has 40 heavy (non-hydrogen) atoms. The molecule has 0 spiro atoms. The van der Waals surface area contributed by atoms with E-state index < -0.39 is 17.8 Å². The molecule has 1 unspecified atom stereocenters. The van der Waals surface area contributed by atoms with Crippen LogP contribution in [0.25, 0.3) is 0 Å². The lowest BCUT2D eigenvalue weighted by Gasteiger charge is -2.37. The molecule has 1 aliphatic heterocycles. The zero-order valence-electron chi connectivity index (χ0n) is 24.2. The predicted molar refractivity (Wildman–Crippen MR) is 153 cm³/mol. The maximum Gasteiger partial charge on any atom is 0.315 e. The Morgan fingerprint density at radius 1 is 1.00 bits per heavy atom. The fraction of sp³-hybridized carbons (Fsp3) is 0.469. The number of esters is 1. The molecule has 2 aliphatic rings. The Morgan fingerprint density at radius 3 is 2.45 bits per heavy atom. The van der Waals surface area contributed by atoms with Crippen LogP contribution in [0.1, 0.15) is 63.5 Å². The number of allylic oxidation sites excluding steroid dienone is 2. The van der Waals surface area contributed by atoms with Crippen LogP contribution in [-0.4, -0.2) is 57.6 Å². The van der Waals surface area contributed by atoms with E-state index in [2.05, 4.69) is 0 Å². The Balaban J connectivity index is 1.76. The molecule has 3 atom stereocenters. The van der Waals surface area contributed by atoms with E-state index in [1.807, 2.05) is 70.2 Å². The molecule has 1 aliphatic carbocycles. The summed E-state index contributed by atoms with van der Waals surface area (Å²) < 4.78 is 28.0. The van der Waals surface area contributed by atoms with Crippen LogP contribution in [0, 0.1) is 5.92 Å². The van der Waals surface area contributed by atoms with Gasteiger partial charge in [-0.05, 0) is 63.8 Å². The average Bonchev–Trinajstić information content (AvgIpc) is 2.94. The number of Topliss-reactive ketones (excluding diaryl/α,β-unsaturated/α-hetero) is 1. The standard InChI is InChI=1S/C32H39NO7/c1-7-38-14-15-39-32(35)29-20(4)33-24-16-22(21-12-13-27(36-5)28(18-21)37-6)17-25(34)31(24)30(29)23-10-8-9-11-26(23)40-19(2)3/h8-13,18-19,22,29-30H,7,14-17H2,1-6H3/t22-,29?,30+/m1/s1. The molecule has 8 nitrogen and oxygen atoms in total. The van der Waals surface area contributed by atoms with Crippen molar-refractivity contribution in [2.75, 3.05) is 34.0 Å². The van der Waals surface area contributed by atoms with E-state index >= 15 is 0 Å². The van der Waals surface area contributed by atoms with Gasteiger partial charge in [-0.25, -0.2) is 0 Å². The molecule has 8 heteroatoms. The zero-order chi connectivity index (χ0) is 28.8. The first-order valence-electron chi connectivity index (χ1n) is 13.8. The van der Waals surface area contributed by atoms with Crippen LogP contribution in [0.3, 0.4) is 0 Å². The van der Waals surface area contributed by atoms with Crippen molar-refractivity contribution in [2.24, 2.45) is 10.9 Å². The quantitative estimate of drug-likeness (QED) is 0.264. The minimum absolute atomic E-state index is 0.0336. The van der Waals surface area contributed by atoms with Crippen LogP contribution >= 0.6 is 0 Å². The molecule has 2 aromatic carbocycles. The highest BCUT2D eigenvalue weighted by Gasteiger charge is 2.45. The predicted octanol–water partition coefficient (Wildman–Crippen LogP) is 5.65. The number of hydrogen-bond donors (Lipinski definition) is 0. The summed E-state index contributed by atoms with van der Waals surface area (Å²) in [5.74, 6) is 0.0293. The Morgan fingerprint density at radius 2 is 1.75 bits per heavy atom. The third-order valence-electron chi connectivity index (χ3n) is 7.31. The maximum absolute atomic E-state index is 14.0. The summed E-state index contributed by atoms with van der Waals surface area (Å²) in [6, 6.07) is 13.4. The second-order valence-electron chi connectivity index (χ2n) is 10.3. The summed E-state index contributed by atoms with van der Waals surface area (Å²) in [4.78, 5) is 32.4. The van der Waals surface area contributed by atoms with E-state index in [4.69, 9.17) is 28.7 Å². The van der Waals surface area contributed by atoms with E-state index in [1.165, 1.54) is 0 Å². The van der Waals surface area contributed by atoms with E-state index in [0.29, 0.717) is 60.3 Å². The summed E-state index contributed by atoms with van der Waals surface area (Å²) >= 11 is 0. The SMILES string of the molecule is CCOCCOC(=O)C1C(C)=NC2=C(C(=O)C[C@H](c3ccc(OC)c(OC)c3)C2)[C@H]1c1ccccc1OC(C)C. The first-order valence-corrected chi connectivity index (χ1v) is 13.8. The lowest BCUT2D eigenvalue weighted by Crippen LogP contribution is -2.38. The first-order chi connectivity index (χ1) is 19.3. The maximum atomic E-state index is 14.0. The number of hydrogen-bond acceptors (Lipinski definition) is 8. The van der Waals surface area contributed by atoms with Crippen molar-refractivity contribution >= 4 is 17.5 Å². The minimum atomic E-state index is -0.751. The number of carbonyl (C=O) groups excluding carboxylic acids is 2. The Bertz CT molecular complexity index is 1300. The van der Waals surface area contributed by atoms with E-state index in [1.54, 1.807) is 14.2 Å². The number of carbonyl (C=O) groups is 2. The number of ketones is 1. The van der Waals surface area contributed by atoms with Crippen molar-refractivity contribution in [3.63, 3.8) is 0 Å². The summed E-state index contributed by atoms with van der Waals surface area (Å²) in [7, 11) is 3.19. The van der Waals surface area contributed by atoms with Gasteiger partial charge in [0.15, 0.2) is 17.3 Å². The van der Waals surface area contributed by atoms with Gasteiger partial charge in [0.2, 0.25) is 0 Å². The second-order valence-corrected chi connectivity index (χ2v) is 10.3. The molecular formula is C32H39NO7. The summed E-state index contributed by atoms with van der Waals surface area (Å²) in [5.41, 5.74) is 3.64. The smallest absolute Gasteiger partial charge is 0.315 e. The lowest BCUT2D eigenvalue weighted by molar-refractivity contribution is -0.148. The fourth-order valence-corrected chi connectivity index (χ4v) is 5.58. The molecule has 0 fully saturated rings. The average molecular weight is 550 g/mol. The van der Waals surface area contributed by atoms with Gasteiger partial charge < -0.3 is 23.7 Å². The van der Waals surface area contributed by atoms with Gasteiger partial charge in [0, 0.05) is 41.5 Å². The molecule has 0 saturated heterocycles. The lowest BCUT2D eigenvalue weighted by atomic mass is 9.69. The number of rotatable bonds is 11. The molecule has 214 valence electrons. The first kappa shape index (κ1) is 29.3. The summed E-state index contributed by atoms with van der Waals surface area (Å²) in [6.45, 7) is 8.61. The van der Waals surface area contributed by atoms with Gasteiger partial charge in [-0.15, -0.1) is 0 Å². The molecule has 0 aromatic heterocycles. The third kappa shape index (κ3) is 6.22. The Hall–Kier alpha value is -3.65. The fourth-order valence-electron chi connectivity index (χ4n) is 5.58. The number of nitrogens with zero attached hydrogens (tertiary/aromatic N) is 1. The van der Waals surface area contributed by atoms with Gasteiger partial charge in [-0.3, -0.25) is 14.6 Å². The van der Waals surface area contributed by atoms with Crippen LogP contribution in [0.5, 0.6) is 17.2 Å². The zero-order valence-corrected chi connectivity index (χ0v) is 24.2. The second kappa shape index (κ2) is 13.1. The molecule has 4 rings (SSSR count). The molecule has 0 bridgehead atoms. The Labute approximate surface area is 236 Å². The normalized spacial score (nSPS) is 20.6. The third-order valence-corrected chi connectivity index (χ3v) is 7.31. The number of ether oxygens (including phenoxy) is 5. The van der Waals surface area contributed by atoms with Crippen molar-refractivity contribution in [3.05, 3.63) is 64.9 Å². The highest BCUT2D eigenvalue weighted by Crippen LogP contribution is 2.49. The monoisotopic (exact) mass is 549 g/mol. The minimum Gasteiger partial charge on any atom is -0.493 e. The van der Waals surface area contributed by atoms with Crippen molar-refractivity contribution in [2.45, 2.75) is 58.5 Å². The molecule has 0 radical (unpaired) electrons. The summed E-state index contributed by atoms with van der Waals surface area (Å²) in [5, 5.41) is 0. The number of methoxy groups -OCH3 is 2. The van der Waals surface area contributed by atoms with Crippen LogP contribution in [0.2, 0.25) is 0 Å².